The third-order valence-corrected chi connectivity index (χ3v) is 1.80. The SMILES string of the molecule is CC1=Cc2ncoc2CC1. The summed E-state index contributed by atoms with van der Waals surface area (Å²) in [6, 6.07) is 0. The lowest BCUT2D eigenvalue weighted by Gasteiger charge is -2.05. The molecule has 1 aliphatic carbocycles. The average Bonchev–Trinajstić information content (AvgIpc) is 2.33. The minimum atomic E-state index is 1.01. The van der Waals surface area contributed by atoms with Gasteiger partial charge in [-0.3, -0.25) is 0 Å². The molecule has 2 nitrogen and oxygen atoms in total. The standard InChI is InChI=1S/C8H9NO/c1-6-2-3-8-7(4-6)9-5-10-8/h4-5H,2-3H2,1H3. The van der Waals surface area contributed by atoms with Gasteiger partial charge in [0.2, 0.25) is 0 Å². The van der Waals surface area contributed by atoms with Crippen LogP contribution in [-0.4, -0.2) is 4.98 Å². The van der Waals surface area contributed by atoms with Gasteiger partial charge in [-0.1, -0.05) is 5.57 Å². The number of hydrogen-bond donors (Lipinski definition) is 0. The second-order valence-corrected chi connectivity index (χ2v) is 2.65. The minimum Gasteiger partial charge on any atom is -0.448 e. The Morgan fingerprint density at radius 1 is 1.50 bits per heavy atom. The molecule has 0 aliphatic heterocycles. The zero-order valence-corrected chi connectivity index (χ0v) is 5.92. The Balaban J connectivity index is 2.50. The Hall–Kier alpha value is -1.05. The van der Waals surface area contributed by atoms with Crippen molar-refractivity contribution in [3.8, 4) is 0 Å². The van der Waals surface area contributed by atoms with Crippen molar-refractivity contribution in [2.45, 2.75) is 19.8 Å². The fourth-order valence-electron chi connectivity index (χ4n) is 1.20. The van der Waals surface area contributed by atoms with Gasteiger partial charge in [-0.05, 0) is 19.4 Å². The van der Waals surface area contributed by atoms with Gasteiger partial charge in [0.15, 0.2) is 6.39 Å². The topological polar surface area (TPSA) is 26.0 Å². The van der Waals surface area contributed by atoms with E-state index in [0.717, 1.165) is 24.3 Å². The quantitative estimate of drug-likeness (QED) is 0.544. The summed E-state index contributed by atoms with van der Waals surface area (Å²) in [6.07, 6.45) is 5.72. The van der Waals surface area contributed by atoms with Gasteiger partial charge in [-0.2, -0.15) is 0 Å². The molecular weight excluding hydrogens is 126 g/mol. The highest BCUT2D eigenvalue weighted by Gasteiger charge is 2.10. The van der Waals surface area contributed by atoms with E-state index in [1.54, 1.807) is 0 Å². The Bertz CT molecular complexity index is 273. The molecule has 0 N–H and O–H groups in total. The Morgan fingerprint density at radius 3 is 3.30 bits per heavy atom. The lowest BCUT2D eigenvalue weighted by atomic mass is 10.0. The van der Waals surface area contributed by atoms with Crippen LogP contribution < -0.4 is 0 Å². The van der Waals surface area contributed by atoms with E-state index in [2.05, 4.69) is 18.0 Å². The number of nitrogens with zero attached hydrogens (tertiary/aromatic N) is 1. The van der Waals surface area contributed by atoms with Gasteiger partial charge in [0.25, 0.3) is 0 Å². The molecule has 10 heavy (non-hydrogen) atoms. The van der Waals surface area contributed by atoms with Crippen molar-refractivity contribution in [3.05, 3.63) is 23.4 Å². The number of oxazole rings is 1. The molecule has 2 rings (SSSR count). The van der Waals surface area contributed by atoms with Crippen LogP contribution in [0.25, 0.3) is 6.08 Å². The first-order valence-electron chi connectivity index (χ1n) is 3.46. The third kappa shape index (κ3) is 0.764. The van der Waals surface area contributed by atoms with Crippen molar-refractivity contribution in [2.24, 2.45) is 0 Å². The van der Waals surface area contributed by atoms with Crippen LogP contribution >= 0.6 is 0 Å². The normalized spacial score (nSPS) is 16.3. The molecule has 1 aliphatic rings. The predicted molar refractivity (Wildman–Crippen MR) is 38.5 cm³/mol. The van der Waals surface area contributed by atoms with Crippen molar-refractivity contribution < 1.29 is 4.42 Å². The van der Waals surface area contributed by atoms with Crippen molar-refractivity contribution in [2.75, 3.05) is 0 Å². The molecule has 52 valence electrons. The number of allylic oxidation sites excluding steroid dienone is 1. The van der Waals surface area contributed by atoms with Gasteiger partial charge < -0.3 is 4.42 Å². The van der Waals surface area contributed by atoms with Crippen molar-refractivity contribution in [1.82, 2.24) is 4.98 Å². The maximum absolute atomic E-state index is 5.15. The zero-order valence-electron chi connectivity index (χ0n) is 5.92. The van der Waals surface area contributed by atoms with Gasteiger partial charge >= 0.3 is 0 Å². The Morgan fingerprint density at radius 2 is 2.40 bits per heavy atom. The molecule has 0 bridgehead atoms. The summed E-state index contributed by atoms with van der Waals surface area (Å²) >= 11 is 0. The predicted octanol–water partition coefficient (Wildman–Crippen LogP) is 2.02. The molecule has 0 saturated carbocycles. The van der Waals surface area contributed by atoms with Crippen molar-refractivity contribution in [1.29, 1.82) is 0 Å². The lowest BCUT2D eigenvalue weighted by Crippen LogP contribution is -1.93. The summed E-state index contributed by atoms with van der Waals surface area (Å²) in [5.74, 6) is 1.03. The molecule has 0 saturated heterocycles. The number of hydrogen-bond acceptors (Lipinski definition) is 2. The summed E-state index contributed by atoms with van der Waals surface area (Å²) in [7, 11) is 0. The van der Waals surface area contributed by atoms with Crippen molar-refractivity contribution in [3.63, 3.8) is 0 Å². The van der Waals surface area contributed by atoms with Crippen LogP contribution in [0.5, 0.6) is 0 Å². The summed E-state index contributed by atoms with van der Waals surface area (Å²) < 4.78 is 5.15. The first-order valence-corrected chi connectivity index (χ1v) is 3.46. The molecule has 0 amide bonds. The molecular formula is C8H9NO. The van der Waals surface area contributed by atoms with Gasteiger partial charge in [-0.25, -0.2) is 4.98 Å². The van der Waals surface area contributed by atoms with E-state index in [4.69, 9.17) is 4.42 Å². The molecule has 1 heterocycles. The summed E-state index contributed by atoms with van der Waals surface area (Å²) in [6.45, 7) is 2.12. The highest BCUT2D eigenvalue weighted by molar-refractivity contribution is 5.52. The highest BCUT2D eigenvalue weighted by atomic mass is 16.3. The largest absolute Gasteiger partial charge is 0.448 e. The maximum atomic E-state index is 5.15. The first-order chi connectivity index (χ1) is 4.86. The van der Waals surface area contributed by atoms with Crippen LogP contribution in [0.1, 0.15) is 24.8 Å². The summed E-state index contributed by atoms with van der Waals surface area (Å²) in [5.41, 5.74) is 2.41. The van der Waals surface area contributed by atoms with Crippen LogP contribution in [0.3, 0.4) is 0 Å². The molecule has 0 fully saturated rings. The van der Waals surface area contributed by atoms with Crippen LogP contribution in [0.15, 0.2) is 16.4 Å². The van der Waals surface area contributed by atoms with Gasteiger partial charge in [0.05, 0.1) is 0 Å². The van der Waals surface area contributed by atoms with Crippen LogP contribution in [-0.2, 0) is 6.42 Å². The fourth-order valence-corrected chi connectivity index (χ4v) is 1.20. The summed E-state index contributed by atoms with van der Waals surface area (Å²) in [5, 5.41) is 0. The van der Waals surface area contributed by atoms with E-state index in [9.17, 15) is 0 Å². The fraction of sp³-hybridized carbons (Fsp3) is 0.375. The van der Waals surface area contributed by atoms with Crippen molar-refractivity contribution >= 4 is 6.08 Å². The highest BCUT2D eigenvalue weighted by Crippen LogP contribution is 2.21. The molecule has 1 aromatic heterocycles. The third-order valence-electron chi connectivity index (χ3n) is 1.80. The molecule has 0 radical (unpaired) electrons. The van der Waals surface area contributed by atoms with E-state index >= 15 is 0 Å². The zero-order chi connectivity index (χ0) is 6.97. The monoisotopic (exact) mass is 135 g/mol. The van der Waals surface area contributed by atoms with Crippen LogP contribution in [0, 0.1) is 0 Å². The number of aryl methyl sites for hydroxylation is 1. The molecule has 0 aromatic carbocycles. The second-order valence-electron chi connectivity index (χ2n) is 2.65. The maximum Gasteiger partial charge on any atom is 0.181 e. The van der Waals surface area contributed by atoms with E-state index < -0.39 is 0 Å². The Labute approximate surface area is 59.6 Å². The second kappa shape index (κ2) is 1.97. The molecule has 2 heteroatoms. The number of rotatable bonds is 0. The van der Waals surface area contributed by atoms with Gasteiger partial charge in [0.1, 0.15) is 11.5 Å². The Kier molecular flexibility index (Phi) is 1.13. The minimum absolute atomic E-state index is 1.01. The van der Waals surface area contributed by atoms with Crippen LogP contribution in [0.2, 0.25) is 0 Å². The first kappa shape index (κ1) is 5.71. The van der Waals surface area contributed by atoms with Crippen LogP contribution in [0.4, 0.5) is 0 Å². The summed E-state index contributed by atoms with van der Waals surface area (Å²) in [4.78, 5) is 4.06. The lowest BCUT2D eigenvalue weighted by molar-refractivity contribution is 0.500. The van der Waals surface area contributed by atoms with E-state index in [0.29, 0.717) is 0 Å². The number of fused-ring (bicyclic) bond motifs is 1. The molecule has 0 atom stereocenters. The van der Waals surface area contributed by atoms with Gasteiger partial charge in [0, 0.05) is 6.42 Å². The number of aromatic nitrogens is 1. The molecule has 1 aromatic rings. The van der Waals surface area contributed by atoms with E-state index in [1.807, 2.05) is 0 Å². The van der Waals surface area contributed by atoms with E-state index in [-0.39, 0.29) is 0 Å². The van der Waals surface area contributed by atoms with Gasteiger partial charge in [-0.15, -0.1) is 0 Å². The average molecular weight is 135 g/mol. The molecule has 0 spiro atoms. The molecule has 0 unspecified atom stereocenters. The van der Waals surface area contributed by atoms with E-state index in [1.165, 1.54) is 12.0 Å². The smallest absolute Gasteiger partial charge is 0.181 e.